The summed E-state index contributed by atoms with van der Waals surface area (Å²) in [5, 5.41) is 11.5. The summed E-state index contributed by atoms with van der Waals surface area (Å²) < 4.78 is 6.26. The van der Waals surface area contributed by atoms with Gasteiger partial charge in [-0.05, 0) is 59.8 Å². The Morgan fingerprint density at radius 3 is 2.42 bits per heavy atom. The van der Waals surface area contributed by atoms with Crippen molar-refractivity contribution in [3.63, 3.8) is 0 Å². The molecule has 0 bridgehead atoms. The molecule has 0 amide bonds. The van der Waals surface area contributed by atoms with Gasteiger partial charge in [0.1, 0.15) is 0 Å². The van der Waals surface area contributed by atoms with E-state index in [1.807, 2.05) is 19.2 Å². The highest BCUT2D eigenvalue weighted by molar-refractivity contribution is 14.1. The van der Waals surface area contributed by atoms with Crippen molar-refractivity contribution in [1.82, 2.24) is 15.5 Å². The molecule has 0 spiro atoms. The van der Waals surface area contributed by atoms with Gasteiger partial charge in [0, 0.05) is 9.64 Å². The summed E-state index contributed by atoms with van der Waals surface area (Å²) in [6.45, 7) is 0. The van der Waals surface area contributed by atoms with E-state index in [4.69, 9.17) is 4.74 Å². The number of methoxy groups -OCH3 is 1. The van der Waals surface area contributed by atoms with Crippen LogP contribution in [0.2, 0.25) is 0 Å². The van der Waals surface area contributed by atoms with Gasteiger partial charge in [-0.25, -0.2) is 0 Å². The van der Waals surface area contributed by atoms with Gasteiger partial charge in [-0.1, -0.05) is 12.1 Å². The Bertz CT molecular complexity index is 513. The Balaban J connectivity index is 2.12. The number of likely N-dealkylation sites (N-methyl/N-ethyl adjacent to an activating group) is 1. The molecule has 0 aliphatic carbocycles. The fourth-order valence-electron chi connectivity index (χ4n) is 1.84. The van der Waals surface area contributed by atoms with Crippen LogP contribution in [0.5, 0.6) is 5.88 Å². The number of nitrogens with one attached hydrogen (secondary N) is 1. The molecule has 100 valence electrons. The number of halogens is 1. The summed E-state index contributed by atoms with van der Waals surface area (Å²) in [6.07, 6.45) is 0.883. The van der Waals surface area contributed by atoms with Crippen LogP contribution in [0.3, 0.4) is 0 Å². The SMILES string of the molecule is CNC(Cc1ccc(I)cc1)c1ccc(OC)nn1. The monoisotopic (exact) mass is 369 g/mol. The van der Waals surface area contributed by atoms with Crippen molar-refractivity contribution in [2.75, 3.05) is 14.2 Å². The lowest BCUT2D eigenvalue weighted by Gasteiger charge is -2.15. The fourth-order valence-corrected chi connectivity index (χ4v) is 2.20. The van der Waals surface area contributed by atoms with Crippen LogP contribution in [0, 0.1) is 3.57 Å². The summed E-state index contributed by atoms with van der Waals surface area (Å²) in [4.78, 5) is 0. The number of ether oxygens (including phenoxy) is 1. The van der Waals surface area contributed by atoms with E-state index in [1.54, 1.807) is 7.11 Å². The second-order valence-electron chi connectivity index (χ2n) is 4.17. The molecule has 2 rings (SSSR count). The quantitative estimate of drug-likeness (QED) is 0.824. The number of nitrogens with zero attached hydrogens (tertiary/aromatic N) is 2. The van der Waals surface area contributed by atoms with E-state index in [0.29, 0.717) is 5.88 Å². The first kappa shape index (κ1) is 14.2. The van der Waals surface area contributed by atoms with Crippen LogP contribution < -0.4 is 10.1 Å². The lowest BCUT2D eigenvalue weighted by Crippen LogP contribution is -2.20. The third-order valence-corrected chi connectivity index (χ3v) is 3.65. The second-order valence-corrected chi connectivity index (χ2v) is 5.42. The molecule has 1 heterocycles. The van der Waals surface area contributed by atoms with Crippen LogP contribution in [0.15, 0.2) is 36.4 Å². The minimum atomic E-state index is 0.151. The zero-order chi connectivity index (χ0) is 13.7. The summed E-state index contributed by atoms with van der Waals surface area (Å²) in [7, 11) is 3.52. The van der Waals surface area contributed by atoms with Crippen LogP contribution in [0.4, 0.5) is 0 Å². The Hall–Kier alpha value is -1.21. The van der Waals surface area contributed by atoms with Gasteiger partial charge >= 0.3 is 0 Å². The van der Waals surface area contributed by atoms with Crippen molar-refractivity contribution in [1.29, 1.82) is 0 Å². The lowest BCUT2D eigenvalue weighted by molar-refractivity contribution is 0.389. The van der Waals surface area contributed by atoms with Crippen LogP contribution in [-0.4, -0.2) is 24.4 Å². The van der Waals surface area contributed by atoms with Crippen molar-refractivity contribution in [2.45, 2.75) is 12.5 Å². The largest absolute Gasteiger partial charge is 0.480 e. The fraction of sp³-hybridized carbons (Fsp3) is 0.286. The molecule has 0 aliphatic heterocycles. The molecule has 1 aromatic carbocycles. The second kappa shape index (κ2) is 6.81. The van der Waals surface area contributed by atoms with E-state index in [1.165, 1.54) is 9.13 Å². The van der Waals surface area contributed by atoms with Gasteiger partial charge in [0.05, 0.1) is 18.8 Å². The predicted molar refractivity (Wildman–Crippen MR) is 83.2 cm³/mol. The number of hydrogen-bond donors (Lipinski definition) is 1. The van der Waals surface area contributed by atoms with E-state index >= 15 is 0 Å². The van der Waals surface area contributed by atoms with Crippen molar-refractivity contribution in [3.8, 4) is 5.88 Å². The van der Waals surface area contributed by atoms with E-state index < -0.39 is 0 Å². The number of aromatic nitrogens is 2. The summed E-state index contributed by atoms with van der Waals surface area (Å²) in [6, 6.07) is 12.4. The van der Waals surface area contributed by atoms with E-state index in [-0.39, 0.29) is 6.04 Å². The van der Waals surface area contributed by atoms with Crippen LogP contribution in [0.1, 0.15) is 17.3 Å². The molecule has 0 saturated heterocycles. The molecule has 0 aliphatic rings. The maximum Gasteiger partial charge on any atom is 0.233 e. The summed E-state index contributed by atoms with van der Waals surface area (Å²) in [5.41, 5.74) is 2.19. The van der Waals surface area contributed by atoms with Gasteiger partial charge in [-0.2, -0.15) is 5.10 Å². The first-order valence-electron chi connectivity index (χ1n) is 6.02. The van der Waals surface area contributed by atoms with Crippen molar-refractivity contribution >= 4 is 22.6 Å². The Morgan fingerprint density at radius 1 is 1.16 bits per heavy atom. The third-order valence-electron chi connectivity index (χ3n) is 2.93. The van der Waals surface area contributed by atoms with E-state index in [2.05, 4.69) is 62.4 Å². The maximum atomic E-state index is 5.02. The zero-order valence-electron chi connectivity index (χ0n) is 10.9. The van der Waals surface area contributed by atoms with Crippen LogP contribution in [0.25, 0.3) is 0 Å². The molecule has 0 radical (unpaired) electrons. The molecule has 1 aromatic heterocycles. The average molecular weight is 369 g/mol. The van der Waals surface area contributed by atoms with Crippen LogP contribution >= 0.6 is 22.6 Å². The Morgan fingerprint density at radius 2 is 1.89 bits per heavy atom. The van der Waals surface area contributed by atoms with Gasteiger partial charge in [-0.15, -0.1) is 5.10 Å². The highest BCUT2D eigenvalue weighted by Crippen LogP contribution is 2.18. The molecule has 2 aromatic rings. The Kier molecular flexibility index (Phi) is 5.09. The summed E-state index contributed by atoms with van der Waals surface area (Å²) >= 11 is 2.31. The summed E-state index contributed by atoms with van der Waals surface area (Å²) in [5.74, 6) is 0.535. The minimum Gasteiger partial charge on any atom is -0.480 e. The molecule has 4 nitrogen and oxygen atoms in total. The highest BCUT2D eigenvalue weighted by atomic mass is 127. The molecular weight excluding hydrogens is 353 g/mol. The first-order valence-corrected chi connectivity index (χ1v) is 7.10. The zero-order valence-corrected chi connectivity index (χ0v) is 13.1. The topological polar surface area (TPSA) is 47.0 Å². The normalized spacial score (nSPS) is 12.2. The smallest absolute Gasteiger partial charge is 0.233 e. The Labute approximate surface area is 126 Å². The molecule has 1 N–H and O–H groups in total. The van der Waals surface area contributed by atoms with E-state index in [0.717, 1.165) is 12.1 Å². The minimum absolute atomic E-state index is 0.151. The van der Waals surface area contributed by atoms with Crippen molar-refractivity contribution < 1.29 is 4.74 Å². The van der Waals surface area contributed by atoms with Gasteiger partial charge < -0.3 is 10.1 Å². The molecule has 19 heavy (non-hydrogen) atoms. The molecule has 0 fully saturated rings. The van der Waals surface area contributed by atoms with Gasteiger partial charge in [0.25, 0.3) is 0 Å². The number of rotatable bonds is 5. The molecule has 1 unspecified atom stereocenters. The van der Waals surface area contributed by atoms with Gasteiger partial charge in [0.2, 0.25) is 5.88 Å². The molecule has 5 heteroatoms. The van der Waals surface area contributed by atoms with Crippen LogP contribution in [-0.2, 0) is 6.42 Å². The van der Waals surface area contributed by atoms with Gasteiger partial charge in [-0.3, -0.25) is 0 Å². The molecule has 1 atom stereocenters. The standard InChI is InChI=1S/C14H16IN3O/c1-16-13(9-10-3-5-11(15)6-4-10)12-7-8-14(19-2)18-17-12/h3-8,13,16H,9H2,1-2H3. The predicted octanol–water partition coefficient (Wildman–Crippen LogP) is 2.59. The average Bonchev–Trinajstić information content (AvgIpc) is 2.47. The molecular formula is C14H16IN3O. The third kappa shape index (κ3) is 3.87. The van der Waals surface area contributed by atoms with E-state index in [9.17, 15) is 0 Å². The number of hydrogen-bond acceptors (Lipinski definition) is 4. The van der Waals surface area contributed by atoms with Gasteiger partial charge in [0.15, 0.2) is 0 Å². The lowest BCUT2D eigenvalue weighted by atomic mass is 10.0. The highest BCUT2D eigenvalue weighted by Gasteiger charge is 2.12. The molecule has 0 saturated carbocycles. The maximum absolute atomic E-state index is 5.02. The number of benzene rings is 1. The van der Waals surface area contributed by atoms with Crippen molar-refractivity contribution in [2.24, 2.45) is 0 Å². The first-order chi connectivity index (χ1) is 9.22. The van der Waals surface area contributed by atoms with Crippen molar-refractivity contribution in [3.05, 3.63) is 51.2 Å².